The molecule has 0 aliphatic heterocycles. The van der Waals surface area contributed by atoms with Crippen molar-refractivity contribution in [2.75, 3.05) is 19.6 Å². The molecule has 0 aromatic carbocycles. The summed E-state index contributed by atoms with van der Waals surface area (Å²) in [4.78, 5) is 4.60. The minimum absolute atomic E-state index is 0.751. The van der Waals surface area contributed by atoms with Gasteiger partial charge in [-0.3, -0.25) is 14.1 Å². The number of hydrogen-bond acceptors (Lipinski definition) is 4. The zero-order valence-corrected chi connectivity index (χ0v) is 14.5. The Bertz CT molecular complexity index is 790. The summed E-state index contributed by atoms with van der Waals surface area (Å²) in [5.41, 5.74) is 0.872. The van der Waals surface area contributed by atoms with Crippen LogP contribution in [0.15, 0.2) is 47.8 Å². The Morgan fingerprint density at radius 1 is 1.16 bits per heavy atom. The molecule has 0 saturated carbocycles. The maximum absolute atomic E-state index is 4.60. The lowest BCUT2D eigenvalue weighted by molar-refractivity contribution is 0.584. The molecule has 0 atom stereocenters. The molecule has 0 radical (unpaired) electrons. The lowest BCUT2D eigenvalue weighted by Crippen LogP contribution is -2.38. The van der Waals surface area contributed by atoms with Gasteiger partial charge in [0.2, 0.25) is 0 Å². The molecule has 0 amide bonds. The third-order valence-electron chi connectivity index (χ3n) is 3.74. The fraction of sp³-hybridized carbons (Fsp3) is 0.412. The Morgan fingerprint density at radius 2 is 2.12 bits per heavy atom. The van der Waals surface area contributed by atoms with Crippen LogP contribution >= 0.6 is 0 Å². The van der Waals surface area contributed by atoms with Crippen LogP contribution in [-0.4, -0.2) is 50.0 Å². The van der Waals surface area contributed by atoms with Crippen LogP contribution in [0, 0.1) is 0 Å². The van der Waals surface area contributed by atoms with Gasteiger partial charge in [-0.15, -0.1) is 10.2 Å². The molecule has 8 nitrogen and oxygen atoms in total. The molecule has 0 aliphatic carbocycles. The number of nitrogens with zero attached hydrogens (tertiary/aromatic N) is 6. The van der Waals surface area contributed by atoms with Gasteiger partial charge in [0.25, 0.3) is 0 Å². The van der Waals surface area contributed by atoms with Crippen molar-refractivity contribution in [1.29, 1.82) is 0 Å². The van der Waals surface area contributed by atoms with E-state index in [4.69, 9.17) is 0 Å². The van der Waals surface area contributed by atoms with Crippen LogP contribution in [0.4, 0.5) is 0 Å². The van der Waals surface area contributed by atoms with Gasteiger partial charge in [-0.25, -0.2) is 0 Å². The molecule has 0 aliphatic rings. The highest BCUT2D eigenvalue weighted by Crippen LogP contribution is 2.02. The number of hydrogen-bond donors (Lipinski definition) is 2. The number of aryl methyl sites for hydroxylation is 1. The van der Waals surface area contributed by atoms with E-state index >= 15 is 0 Å². The monoisotopic (exact) mass is 340 g/mol. The number of aliphatic imine (C=N–C) groups is 1. The van der Waals surface area contributed by atoms with Crippen molar-refractivity contribution < 1.29 is 0 Å². The van der Waals surface area contributed by atoms with Crippen molar-refractivity contribution in [3.63, 3.8) is 0 Å². The number of aromatic nitrogens is 5. The van der Waals surface area contributed by atoms with Crippen LogP contribution in [0.2, 0.25) is 0 Å². The quantitative estimate of drug-likeness (QED) is 0.365. The highest BCUT2D eigenvalue weighted by atomic mass is 15.3. The Morgan fingerprint density at radius 3 is 2.96 bits per heavy atom. The number of pyridine rings is 1. The second-order valence-corrected chi connectivity index (χ2v) is 5.61. The Hall–Kier alpha value is -2.90. The Balaban J connectivity index is 1.47. The summed E-state index contributed by atoms with van der Waals surface area (Å²) >= 11 is 0. The van der Waals surface area contributed by atoms with Crippen molar-refractivity contribution in [1.82, 2.24) is 35.0 Å². The van der Waals surface area contributed by atoms with Gasteiger partial charge in [0.15, 0.2) is 11.6 Å². The van der Waals surface area contributed by atoms with Crippen molar-refractivity contribution in [3.05, 3.63) is 48.7 Å². The second kappa shape index (κ2) is 8.81. The minimum Gasteiger partial charge on any atom is -0.357 e. The molecule has 25 heavy (non-hydrogen) atoms. The highest BCUT2D eigenvalue weighted by Gasteiger charge is 2.04. The smallest absolute Gasteiger partial charge is 0.191 e. The van der Waals surface area contributed by atoms with Gasteiger partial charge < -0.3 is 10.6 Å². The first kappa shape index (κ1) is 16.9. The third kappa shape index (κ3) is 4.79. The predicted molar refractivity (Wildman–Crippen MR) is 97.5 cm³/mol. The molecule has 8 heteroatoms. The molecule has 3 aromatic rings. The predicted octanol–water partition coefficient (Wildman–Crippen LogP) is 1.11. The van der Waals surface area contributed by atoms with Crippen molar-refractivity contribution in [3.8, 4) is 0 Å². The van der Waals surface area contributed by atoms with E-state index in [1.165, 1.54) is 0 Å². The molecule has 2 N–H and O–H groups in total. The second-order valence-electron chi connectivity index (χ2n) is 5.61. The van der Waals surface area contributed by atoms with E-state index in [1.807, 2.05) is 45.7 Å². The van der Waals surface area contributed by atoms with E-state index in [-0.39, 0.29) is 0 Å². The lowest BCUT2D eigenvalue weighted by atomic mass is 10.4. The summed E-state index contributed by atoms with van der Waals surface area (Å²) in [5.74, 6) is 1.77. The number of nitrogens with one attached hydrogen (secondary N) is 2. The zero-order valence-electron chi connectivity index (χ0n) is 14.5. The van der Waals surface area contributed by atoms with E-state index in [0.717, 1.165) is 56.5 Å². The van der Waals surface area contributed by atoms with Gasteiger partial charge in [0.1, 0.15) is 5.82 Å². The molecule has 3 aromatic heterocycles. The summed E-state index contributed by atoms with van der Waals surface area (Å²) < 4.78 is 3.93. The van der Waals surface area contributed by atoms with Gasteiger partial charge in [-0.2, -0.15) is 5.10 Å². The SMILES string of the molecule is CCNC(=NCCCn1cccn1)NCCc1nnc2ccccn12. The van der Waals surface area contributed by atoms with Gasteiger partial charge in [0, 0.05) is 51.2 Å². The minimum atomic E-state index is 0.751. The van der Waals surface area contributed by atoms with Crippen LogP contribution < -0.4 is 10.6 Å². The van der Waals surface area contributed by atoms with Gasteiger partial charge in [0.05, 0.1) is 0 Å². The average molecular weight is 340 g/mol. The van der Waals surface area contributed by atoms with E-state index in [2.05, 4.69) is 37.8 Å². The highest BCUT2D eigenvalue weighted by molar-refractivity contribution is 5.79. The average Bonchev–Trinajstić information content (AvgIpc) is 3.29. The molecular formula is C17H24N8. The summed E-state index contributed by atoms with van der Waals surface area (Å²) in [6.07, 6.45) is 7.48. The van der Waals surface area contributed by atoms with E-state index < -0.39 is 0 Å². The number of fused-ring (bicyclic) bond motifs is 1. The van der Waals surface area contributed by atoms with E-state index in [9.17, 15) is 0 Å². The lowest BCUT2D eigenvalue weighted by Gasteiger charge is -2.10. The van der Waals surface area contributed by atoms with Crippen LogP contribution in [0.5, 0.6) is 0 Å². The van der Waals surface area contributed by atoms with Crippen LogP contribution in [0.3, 0.4) is 0 Å². The molecule has 0 bridgehead atoms. The maximum Gasteiger partial charge on any atom is 0.191 e. The molecule has 0 unspecified atom stereocenters. The zero-order chi connectivity index (χ0) is 17.3. The van der Waals surface area contributed by atoms with Crippen LogP contribution in [0.25, 0.3) is 5.65 Å². The molecule has 0 saturated heterocycles. The largest absolute Gasteiger partial charge is 0.357 e. The normalized spacial score (nSPS) is 11.8. The van der Waals surface area contributed by atoms with Gasteiger partial charge in [-0.05, 0) is 31.5 Å². The fourth-order valence-corrected chi connectivity index (χ4v) is 2.55. The first-order valence-electron chi connectivity index (χ1n) is 8.65. The molecular weight excluding hydrogens is 316 g/mol. The Labute approximate surface area is 147 Å². The molecule has 3 rings (SSSR count). The summed E-state index contributed by atoms with van der Waals surface area (Å²) in [7, 11) is 0. The van der Waals surface area contributed by atoms with Crippen molar-refractivity contribution in [2.45, 2.75) is 26.3 Å². The summed E-state index contributed by atoms with van der Waals surface area (Å²) in [6.45, 7) is 5.27. The van der Waals surface area contributed by atoms with Crippen molar-refractivity contribution in [2.24, 2.45) is 4.99 Å². The summed E-state index contributed by atoms with van der Waals surface area (Å²) in [6, 6.07) is 7.84. The first-order chi connectivity index (χ1) is 12.4. The Kier molecular flexibility index (Phi) is 5.97. The fourth-order valence-electron chi connectivity index (χ4n) is 2.55. The molecule has 0 fully saturated rings. The molecule has 3 heterocycles. The standard InChI is InChI=1S/C17H24N8/c1-2-18-17(19-9-5-12-24-13-6-10-21-24)20-11-8-16-23-22-15-7-3-4-14-25(15)16/h3-4,6-7,10,13-14H,2,5,8-9,11-12H2,1H3,(H2,18,19,20). The first-order valence-corrected chi connectivity index (χ1v) is 8.65. The summed E-state index contributed by atoms with van der Waals surface area (Å²) in [5, 5.41) is 19.2. The number of guanidine groups is 1. The van der Waals surface area contributed by atoms with E-state index in [0.29, 0.717) is 0 Å². The van der Waals surface area contributed by atoms with E-state index in [1.54, 1.807) is 6.20 Å². The molecule has 132 valence electrons. The van der Waals surface area contributed by atoms with Gasteiger partial charge >= 0.3 is 0 Å². The van der Waals surface area contributed by atoms with Crippen LogP contribution in [0.1, 0.15) is 19.2 Å². The number of rotatable bonds is 8. The topological polar surface area (TPSA) is 84.4 Å². The maximum atomic E-state index is 4.60. The van der Waals surface area contributed by atoms with Crippen LogP contribution in [-0.2, 0) is 13.0 Å². The third-order valence-corrected chi connectivity index (χ3v) is 3.74. The van der Waals surface area contributed by atoms with Crippen molar-refractivity contribution >= 4 is 11.6 Å². The molecule has 0 spiro atoms. The van der Waals surface area contributed by atoms with Gasteiger partial charge in [-0.1, -0.05) is 6.07 Å².